The molecule has 2 aromatic carbocycles. The van der Waals surface area contributed by atoms with E-state index in [1.54, 1.807) is 0 Å². The third kappa shape index (κ3) is 2.90. The van der Waals surface area contributed by atoms with E-state index in [1.165, 1.54) is 44.6 Å². The highest BCUT2D eigenvalue weighted by molar-refractivity contribution is 5.84. The number of anilines is 1. The number of benzene rings is 2. The van der Waals surface area contributed by atoms with Crippen molar-refractivity contribution < 1.29 is 0 Å². The third-order valence-corrected chi connectivity index (χ3v) is 4.75. The van der Waals surface area contributed by atoms with Crippen molar-refractivity contribution in [3.05, 3.63) is 63.2 Å². The van der Waals surface area contributed by atoms with Crippen LogP contribution in [-0.4, -0.2) is 12.9 Å². The molecule has 1 aliphatic heterocycles. The summed E-state index contributed by atoms with van der Waals surface area (Å²) in [6.45, 7) is 14.0. The summed E-state index contributed by atoms with van der Waals surface area (Å²) in [5.74, 6) is 0. The van der Waals surface area contributed by atoms with Gasteiger partial charge in [-0.3, -0.25) is 4.99 Å². The Morgan fingerprint density at radius 3 is 1.78 bits per heavy atom. The molecule has 0 radical (unpaired) electrons. The molecule has 23 heavy (non-hydrogen) atoms. The minimum absolute atomic E-state index is 0.232. The first-order chi connectivity index (χ1) is 10.9. The topological polar surface area (TPSA) is 15.6 Å². The highest BCUT2D eigenvalue weighted by Gasteiger charge is 2.25. The number of rotatable bonds is 2. The summed E-state index contributed by atoms with van der Waals surface area (Å²) in [6, 6.07) is 9.28. The molecule has 1 atom stereocenters. The lowest BCUT2D eigenvalue weighted by Gasteiger charge is -2.23. The molecule has 1 heterocycles. The van der Waals surface area contributed by atoms with Gasteiger partial charge in [-0.05, 0) is 69.4 Å². The number of hydrogen-bond donors (Lipinski definition) is 0. The maximum absolute atomic E-state index is 4.82. The summed E-state index contributed by atoms with van der Waals surface area (Å²) in [5, 5.41) is 0. The van der Waals surface area contributed by atoms with Crippen LogP contribution in [0.25, 0.3) is 0 Å². The predicted octanol–water partition coefficient (Wildman–Crippen LogP) is 5.13. The molecular formula is C21H26N2. The second-order valence-corrected chi connectivity index (χ2v) is 6.99. The molecule has 0 spiro atoms. The van der Waals surface area contributed by atoms with Crippen LogP contribution in [0.1, 0.15) is 45.0 Å². The number of aryl methyl sites for hydroxylation is 6. The van der Waals surface area contributed by atoms with Gasteiger partial charge in [0.1, 0.15) is 0 Å². The highest BCUT2D eigenvalue weighted by atomic mass is 15.2. The fraction of sp³-hybridized carbons (Fsp3) is 0.381. The van der Waals surface area contributed by atoms with Crippen molar-refractivity contribution >= 4 is 12.0 Å². The van der Waals surface area contributed by atoms with Crippen molar-refractivity contribution in [1.29, 1.82) is 0 Å². The molecule has 0 saturated heterocycles. The smallest absolute Gasteiger partial charge is 0.0951 e. The van der Waals surface area contributed by atoms with Crippen molar-refractivity contribution in [3.8, 4) is 0 Å². The van der Waals surface area contributed by atoms with Gasteiger partial charge in [0.05, 0.1) is 18.9 Å². The van der Waals surface area contributed by atoms with E-state index >= 15 is 0 Å². The molecule has 120 valence electrons. The minimum Gasteiger partial charge on any atom is -0.330 e. The SMILES string of the molecule is Cc1cc(C)c(C2CN(c3c(C)cc(C)cc3C)C=N2)c(C)c1. The largest absolute Gasteiger partial charge is 0.330 e. The lowest BCUT2D eigenvalue weighted by molar-refractivity contribution is 0.765. The van der Waals surface area contributed by atoms with Gasteiger partial charge in [0, 0.05) is 5.69 Å². The molecule has 0 saturated carbocycles. The Bertz CT molecular complexity index is 675. The van der Waals surface area contributed by atoms with Crippen molar-refractivity contribution in [3.63, 3.8) is 0 Å². The fourth-order valence-corrected chi connectivity index (χ4v) is 4.10. The van der Waals surface area contributed by atoms with Gasteiger partial charge in [0.15, 0.2) is 0 Å². The van der Waals surface area contributed by atoms with E-state index < -0.39 is 0 Å². The van der Waals surface area contributed by atoms with Crippen LogP contribution in [0.2, 0.25) is 0 Å². The van der Waals surface area contributed by atoms with Gasteiger partial charge >= 0.3 is 0 Å². The monoisotopic (exact) mass is 306 g/mol. The Hall–Kier alpha value is -2.09. The Morgan fingerprint density at radius 2 is 1.26 bits per heavy atom. The Kier molecular flexibility index (Phi) is 4.01. The van der Waals surface area contributed by atoms with Gasteiger partial charge in [0.2, 0.25) is 0 Å². The zero-order valence-corrected chi connectivity index (χ0v) is 15.1. The molecule has 0 fully saturated rings. The highest BCUT2D eigenvalue weighted by Crippen LogP contribution is 2.34. The Morgan fingerprint density at radius 1 is 0.783 bits per heavy atom. The summed E-state index contributed by atoms with van der Waals surface area (Å²) in [5.41, 5.74) is 10.7. The van der Waals surface area contributed by atoms with Crippen LogP contribution in [0, 0.1) is 41.5 Å². The van der Waals surface area contributed by atoms with E-state index in [9.17, 15) is 0 Å². The zero-order chi connectivity index (χ0) is 16.7. The average molecular weight is 306 g/mol. The third-order valence-electron chi connectivity index (χ3n) is 4.75. The van der Waals surface area contributed by atoms with E-state index in [1.807, 2.05) is 6.34 Å². The summed E-state index contributed by atoms with van der Waals surface area (Å²) >= 11 is 0. The number of aliphatic imine (C=N–C) groups is 1. The second kappa shape index (κ2) is 5.84. The molecule has 2 nitrogen and oxygen atoms in total. The predicted molar refractivity (Wildman–Crippen MR) is 99.9 cm³/mol. The van der Waals surface area contributed by atoms with Gasteiger partial charge < -0.3 is 4.90 Å². The van der Waals surface area contributed by atoms with E-state index in [0.717, 1.165) is 6.54 Å². The Balaban J connectivity index is 1.93. The maximum atomic E-state index is 4.82. The molecule has 0 bridgehead atoms. The average Bonchev–Trinajstić information content (AvgIpc) is 2.85. The first-order valence-corrected chi connectivity index (χ1v) is 8.32. The standard InChI is InChI=1S/C21H26N2/c1-13-7-15(3)20(16(4)8-13)19-11-23(12-22-19)21-17(5)9-14(2)10-18(21)6/h7-10,12,19H,11H2,1-6H3. The lowest BCUT2D eigenvalue weighted by Crippen LogP contribution is -2.22. The molecule has 2 heteroatoms. The van der Waals surface area contributed by atoms with Crippen LogP contribution in [0.4, 0.5) is 5.69 Å². The summed E-state index contributed by atoms with van der Waals surface area (Å²) in [6.07, 6.45) is 2.02. The molecule has 0 aliphatic carbocycles. The minimum atomic E-state index is 0.232. The first-order valence-electron chi connectivity index (χ1n) is 8.32. The van der Waals surface area contributed by atoms with Crippen LogP contribution < -0.4 is 4.90 Å². The molecule has 1 aliphatic rings. The molecule has 3 rings (SSSR count). The second-order valence-electron chi connectivity index (χ2n) is 6.99. The van der Waals surface area contributed by atoms with Gasteiger partial charge in [0.25, 0.3) is 0 Å². The maximum Gasteiger partial charge on any atom is 0.0951 e. The molecule has 0 N–H and O–H groups in total. The normalized spacial score (nSPS) is 17.1. The van der Waals surface area contributed by atoms with Gasteiger partial charge in [-0.1, -0.05) is 35.4 Å². The molecule has 1 unspecified atom stereocenters. The van der Waals surface area contributed by atoms with Gasteiger partial charge in [-0.2, -0.15) is 0 Å². The van der Waals surface area contributed by atoms with Gasteiger partial charge in [-0.25, -0.2) is 0 Å². The van der Waals surface area contributed by atoms with Crippen molar-refractivity contribution in [2.45, 2.75) is 47.6 Å². The summed E-state index contributed by atoms with van der Waals surface area (Å²) in [4.78, 5) is 7.13. The number of nitrogens with zero attached hydrogens (tertiary/aromatic N) is 2. The molecule has 0 amide bonds. The van der Waals surface area contributed by atoms with E-state index in [2.05, 4.69) is 70.7 Å². The van der Waals surface area contributed by atoms with Crippen molar-refractivity contribution in [2.24, 2.45) is 4.99 Å². The number of hydrogen-bond acceptors (Lipinski definition) is 2. The summed E-state index contributed by atoms with van der Waals surface area (Å²) < 4.78 is 0. The van der Waals surface area contributed by atoms with E-state index in [-0.39, 0.29) is 6.04 Å². The molecule has 2 aromatic rings. The zero-order valence-electron chi connectivity index (χ0n) is 15.1. The van der Waals surface area contributed by atoms with Crippen molar-refractivity contribution in [2.75, 3.05) is 11.4 Å². The molecule has 0 aromatic heterocycles. The lowest BCUT2D eigenvalue weighted by atomic mass is 9.94. The van der Waals surface area contributed by atoms with Crippen LogP contribution >= 0.6 is 0 Å². The van der Waals surface area contributed by atoms with Crippen LogP contribution in [0.5, 0.6) is 0 Å². The molecular weight excluding hydrogens is 280 g/mol. The summed E-state index contributed by atoms with van der Waals surface area (Å²) in [7, 11) is 0. The Labute approximate surface area is 139 Å². The quantitative estimate of drug-likeness (QED) is 0.751. The fourth-order valence-electron chi connectivity index (χ4n) is 4.10. The van der Waals surface area contributed by atoms with E-state index in [4.69, 9.17) is 4.99 Å². The van der Waals surface area contributed by atoms with Gasteiger partial charge in [-0.15, -0.1) is 0 Å². The van der Waals surface area contributed by atoms with Crippen LogP contribution in [0.3, 0.4) is 0 Å². The van der Waals surface area contributed by atoms with Crippen LogP contribution in [0.15, 0.2) is 29.3 Å². The van der Waals surface area contributed by atoms with E-state index in [0.29, 0.717) is 0 Å². The first kappa shape index (κ1) is 15.8. The van der Waals surface area contributed by atoms with Crippen LogP contribution in [-0.2, 0) is 0 Å². The van der Waals surface area contributed by atoms with Crippen molar-refractivity contribution in [1.82, 2.24) is 0 Å².